The molecule has 0 spiro atoms. The molecule has 3 nitrogen and oxygen atoms in total. The van der Waals surface area contributed by atoms with Crippen molar-refractivity contribution in [3.8, 4) is 0 Å². The van der Waals surface area contributed by atoms with Crippen LogP contribution in [0, 0.1) is 6.92 Å². The van der Waals surface area contributed by atoms with Crippen LogP contribution >= 0.6 is 8.46 Å². The minimum absolute atomic E-state index is 0.139. The van der Waals surface area contributed by atoms with E-state index >= 15 is 0 Å². The monoisotopic (exact) mass is 205 g/mol. The number of ether oxygens (including phenoxy) is 2. The predicted octanol–water partition coefficient (Wildman–Crippen LogP) is 3.01. The molecule has 0 fully saturated rings. The molecule has 0 aliphatic carbocycles. The lowest BCUT2D eigenvalue weighted by molar-refractivity contribution is -0.173. The molecule has 0 aromatic heterocycles. The topological polar surface area (TPSA) is 35.5 Å². The molecule has 0 aliphatic heterocycles. The molecule has 13 heavy (non-hydrogen) atoms. The highest BCUT2D eigenvalue weighted by Gasteiger charge is 2.30. The maximum Gasteiger partial charge on any atom is 0.251 e. The number of rotatable bonds is 8. The maximum absolute atomic E-state index is 10.9. The molecule has 0 aromatic rings. The smallest absolute Gasteiger partial charge is 0.251 e. The summed E-state index contributed by atoms with van der Waals surface area (Å²) in [6.07, 6.45) is 2.12. The van der Waals surface area contributed by atoms with Crippen molar-refractivity contribution in [3.63, 3.8) is 0 Å². The lowest BCUT2D eigenvalue weighted by Gasteiger charge is -2.25. The Kier molecular flexibility index (Phi) is 7.44. The quantitative estimate of drug-likeness (QED) is 0.451. The molecular weight excluding hydrogens is 187 g/mol. The summed E-state index contributed by atoms with van der Waals surface area (Å²) in [6.45, 7) is 8.77. The van der Waals surface area contributed by atoms with Gasteiger partial charge in [0.2, 0.25) is 8.46 Å². The molecule has 0 amide bonds. The zero-order valence-electron chi connectivity index (χ0n) is 8.41. The van der Waals surface area contributed by atoms with Gasteiger partial charge in [-0.05, 0) is 19.8 Å². The van der Waals surface area contributed by atoms with E-state index < -0.39 is 5.53 Å². The molecule has 0 aromatic carbocycles. The molecule has 4 heteroatoms. The second kappa shape index (κ2) is 7.43. The van der Waals surface area contributed by atoms with E-state index in [4.69, 9.17) is 9.47 Å². The Labute approximate surface area is 82.0 Å². The van der Waals surface area contributed by atoms with Gasteiger partial charge in [-0.15, -0.1) is 0 Å². The fourth-order valence-electron chi connectivity index (χ4n) is 0.807. The molecule has 1 radical (unpaired) electrons. The molecule has 0 bridgehead atoms. The van der Waals surface area contributed by atoms with Crippen LogP contribution in [0.1, 0.15) is 33.1 Å². The molecular formula is C9H18O3P. The highest BCUT2D eigenvalue weighted by Crippen LogP contribution is 2.30. The SMILES string of the molecule is [CH2]CC(OCCC)(OCCC)P=O. The fraction of sp³-hybridized carbons (Fsp3) is 0.889. The van der Waals surface area contributed by atoms with Crippen molar-refractivity contribution in [2.24, 2.45) is 0 Å². The minimum atomic E-state index is -1.01. The Hall–Kier alpha value is 0.0200. The van der Waals surface area contributed by atoms with E-state index in [0.717, 1.165) is 12.8 Å². The molecule has 0 rings (SSSR count). The first kappa shape index (κ1) is 13.0. The van der Waals surface area contributed by atoms with E-state index in [2.05, 4.69) is 6.92 Å². The van der Waals surface area contributed by atoms with E-state index in [9.17, 15) is 4.57 Å². The van der Waals surface area contributed by atoms with Crippen LogP contribution in [0.5, 0.6) is 0 Å². The minimum Gasteiger partial charge on any atom is -0.340 e. The van der Waals surface area contributed by atoms with Crippen LogP contribution in [0.25, 0.3) is 0 Å². The van der Waals surface area contributed by atoms with Gasteiger partial charge in [0, 0.05) is 6.42 Å². The first-order valence-corrected chi connectivity index (χ1v) is 5.47. The zero-order valence-corrected chi connectivity index (χ0v) is 9.31. The summed E-state index contributed by atoms with van der Waals surface area (Å²) in [7, 11) is -0.139. The van der Waals surface area contributed by atoms with Gasteiger partial charge in [0.05, 0.1) is 13.2 Å². The average molecular weight is 205 g/mol. The zero-order chi connectivity index (χ0) is 10.2. The summed E-state index contributed by atoms with van der Waals surface area (Å²) < 4.78 is 21.6. The van der Waals surface area contributed by atoms with Gasteiger partial charge < -0.3 is 9.47 Å². The van der Waals surface area contributed by atoms with Crippen molar-refractivity contribution in [3.05, 3.63) is 6.92 Å². The van der Waals surface area contributed by atoms with Gasteiger partial charge in [0.15, 0.2) is 0 Å². The van der Waals surface area contributed by atoms with Crippen LogP contribution < -0.4 is 0 Å². The van der Waals surface area contributed by atoms with Crippen molar-refractivity contribution < 1.29 is 14.0 Å². The Balaban J connectivity index is 4.04. The van der Waals surface area contributed by atoms with Crippen LogP contribution in [0.3, 0.4) is 0 Å². The molecule has 0 saturated carbocycles. The van der Waals surface area contributed by atoms with Gasteiger partial charge in [-0.1, -0.05) is 13.8 Å². The standard InChI is InChI=1S/C9H18O3P/c1-4-7-11-9(6-3,13-10)12-8-5-2/h3-8H2,1-2H3. The summed E-state index contributed by atoms with van der Waals surface area (Å²) in [5, 5.41) is 0. The molecule has 0 saturated heterocycles. The molecule has 0 unspecified atom stereocenters. The summed E-state index contributed by atoms with van der Waals surface area (Å²) in [5.41, 5.74) is -1.01. The van der Waals surface area contributed by atoms with Crippen molar-refractivity contribution in [2.45, 2.75) is 38.6 Å². The summed E-state index contributed by atoms with van der Waals surface area (Å²) in [6, 6.07) is 0. The third-order valence-corrected chi connectivity index (χ3v) is 2.28. The Morgan fingerprint density at radius 1 is 1.23 bits per heavy atom. The van der Waals surface area contributed by atoms with Crippen LogP contribution in [0.15, 0.2) is 0 Å². The van der Waals surface area contributed by atoms with Gasteiger partial charge in [0.1, 0.15) is 0 Å². The predicted molar refractivity (Wildman–Crippen MR) is 52.8 cm³/mol. The van der Waals surface area contributed by atoms with Crippen LogP contribution in [0.2, 0.25) is 0 Å². The van der Waals surface area contributed by atoms with E-state index in [1.54, 1.807) is 0 Å². The van der Waals surface area contributed by atoms with E-state index in [-0.39, 0.29) is 8.46 Å². The maximum atomic E-state index is 10.9. The van der Waals surface area contributed by atoms with Crippen molar-refractivity contribution in [1.82, 2.24) is 0 Å². The molecule has 0 heterocycles. The number of hydrogen-bond donors (Lipinski definition) is 0. The summed E-state index contributed by atoms with van der Waals surface area (Å²) >= 11 is 0. The lowest BCUT2D eigenvalue weighted by atomic mass is 10.4. The molecule has 0 N–H and O–H groups in total. The first-order chi connectivity index (χ1) is 6.24. The second-order valence-electron chi connectivity index (χ2n) is 2.75. The van der Waals surface area contributed by atoms with E-state index in [0.29, 0.717) is 19.6 Å². The Morgan fingerprint density at radius 3 is 1.92 bits per heavy atom. The average Bonchev–Trinajstić information content (AvgIpc) is 2.20. The van der Waals surface area contributed by atoms with Crippen LogP contribution in [0.4, 0.5) is 0 Å². The largest absolute Gasteiger partial charge is 0.340 e. The second-order valence-corrected chi connectivity index (χ2v) is 3.61. The van der Waals surface area contributed by atoms with Crippen molar-refractivity contribution in [2.75, 3.05) is 13.2 Å². The third kappa shape index (κ3) is 4.70. The summed E-state index contributed by atoms with van der Waals surface area (Å²) in [5.74, 6) is 0. The van der Waals surface area contributed by atoms with E-state index in [1.165, 1.54) is 0 Å². The lowest BCUT2D eigenvalue weighted by Crippen LogP contribution is -2.29. The van der Waals surface area contributed by atoms with Gasteiger partial charge >= 0.3 is 0 Å². The third-order valence-electron chi connectivity index (χ3n) is 1.52. The normalized spacial score (nSPS) is 12.2. The molecule has 0 atom stereocenters. The van der Waals surface area contributed by atoms with Crippen LogP contribution in [-0.2, 0) is 14.0 Å². The highest BCUT2D eigenvalue weighted by molar-refractivity contribution is 7.25. The number of hydrogen-bond acceptors (Lipinski definition) is 3. The van der Waals surface area contributed by atoms with Gasteiger partial charge in [-0.25, -0.2) is 0 Å². The first-order valence-electron chi connectivity index (χ1n) is 4.66. The van der Waals surface area contributed by atoms with Crippen molar-refractivity contribution in [1.29, 1.82) is 0 Å². The van der Waals surface area contributed by atoms with Crippen molar-refractivity contribution >= 4 is 8.46 Å². The molecule has 77 valence electrons. The summed E-state index contributed by atoms with van der Waals surface area (Å²) in [4.78, 5) is 0. The van der Waals surface area contributed by atoms with E-state index in [1.807, 2.05) is 13.8 Å². The Morgan fingerprint density at radius 2 is 1.69 bits per heavy atom. The van der Waals surface area contributed by atoms with Crippen LogP contribution in [-0.4, -0.2) is 18.7 Å². The highest BCUT2D eigenvalue weighted by atomic mass is 31.1. The van der Waals surface area contributed by atoms with Gasteiger partial charge in [-0.2, -0.15) is 0 Å². The Bertz CT molecular complexity index is 131. The fourth-order valence-corrected chi connectivity index (χ4v) is 1.19. The van der Waals surface area contributed by atoms with Gasteiger partial charge in [0.25, 0.3) is 5.53 Å². The molecule has 0 aliphatic rings. The van der Waals surface area contributed by atoms with Gasteiger partial charge in [-0.3, -0.25) is 4.57 Å².